The summed E-state index contributed by atoms with van der Waals surface area (Å²) in [5.41, 5.74) is -0.344. The molecule has 0 bridgehead atoms. The molecule has 0 fully saturated rings. The lowest BCUT2D eigenvalue weighted by Crippen LogP contribution is -2.40. The van der Waals surface area contributed by atoms with Crippen molar-refractivity contribution < 1.29 is 13.6 Å². The first kappa shape index (κ1) is 15.4. The minimum atomic E-state index is -0.837. The van der Waals surface area contributed by atoms with Crippen molar-refractivity contribution in [3.63, 3.8) is 0 Å². The standard InChI is InChI=1S/C12H13BrClF2NO/c1-6(2)11(5-13)17-12(18)7-3-10(16)8(14)4-9(7)15/h3-4,6,11H,5H2,1-2H3,(H,17,18). The molecule has 0 radical (unpaired) electrons. The predicted octanol–water partition coefficient (Wildman–Crippen LogP) is 3.77. The van der Waals surface area contributed by atoms with E-state index in [1.807, 2.05) is 13.8 Å². The summed E-state index contributed by atoms with van der Waals surface area (Å²) in [6.07, 6.45) is 0. The molecule has 1 amide bonds. The van der Waals surface area contributed by atoms with Gasteiger partial charge in [-0.2, -0.15) is 0 Å². The van der Waals surface area contributed by atoms with Crippen molar-refractivity contribution in [2.75, 3.05) is 5.33 Å². The Morgan fingerprint density at radius 2 is 2.00 bits per heavy atom. The second-order valence-electron chi connectivity index (χ2n) is 4.22. The first-order valence-electron chi connectivity index (χ1n) is 5.38. The summed E-state index contributed by atoms with van der Waals surface area (Å²) in [6.45, 7) is 3.84. The minimum absolute atomic E-state index is 0.157. The predicted molar refractivity (Wildman–Crippen MR) is 71.3 cm³/mol. The van der Waals surface area contributed by atoms with E-state index in [4.69, 9.17) is 11.6 Å². The lowest BCUT2D eigenvalue weighted by molar-refractivity contribution is 0.0927. The Kier molecular flexibility index (Phi) is 5.53. The summed E-state index contributed by atoms with van der Waals surface area (Å²) < 4.78 is 26.7. The zero-order valence-corrected chi connectivity index (χ0v) is 12.3. The number of carbonyl (C=O) groups excluding carboxylic acids is 1. The Balaban J connectivity index is 2.94. The van der Waals surface area contributed by atoms with Gasteiger partial charge in [0.05, 0.1) is 10.6 Å². The van der Waals surface area contributed by atoms with E-state index >= 15 is 0 Å². The Morgan fingerprint density at radius 3 is 2.50 bits per heavy atom. The molecule has 18 heavy (non-hydrogen) atoms. The molecule has 0 spiro atoms. The van der Waals surface area contributed by atoms with Gasteiger partial charge in [-0.05, 0) is 18.1 Å². The fourth-order valence-electron chi connectivity index (χ4n) is 1.33. The van der Waals surface area contributed by atoms with Gasteiger partial charge in [-0.15, -0.1) is 0 Å². The van der Waals surface area contributed by atoms with Gasteiger partial charge in [0.15, 0.2) is 0 Å². The molecule has 1 atom stereocenters. The molecule has 6 heteroatoms. The molecule has 1 unspecified atom stereocenters. The van der Waals surface area contributed by atoms with E-state index in [-0.39, 0.29) is 22.5 Å². The van der Waals surface area contributed by atoms with Crippen molar-refractivity contribution in [2.24, 2.45) is 5.92 Å². The monoisotopic (exact) mass is 339 g/mol. The maximum absolute atomic E-state index is 13.5. The average Bonchev–Trinajstić information content (AvgIpc) is 2.29. The van der Waals surface area contributed by atoms with Gasteiger partial charge in [0, 0.05) is 11.4 Å². The van der Waals surface area contributed by atoms with Gasteiger partial charge >= 0.3 is 0 Å². The highest BCUT2D eigenvalue weighted by Gasteiger charge is 2.20. The zero-order chi connectivity index (χ0) is 13.9. The van der Waals surface area contributed by atoms with Crippen LogP contribution in [0, 0.1) is 17.6 Å². The van der Waals surface area contributed by atoms with Gasteiger partial charge in [0.25, 0.3) is 5.91 Å². The maximum Gasteiger partial charge on any atom is 0.254 e. The quantitative estimate of drug-likeness (QED) is 0.656. The van der Waals surface area contributed by atoms with Crippen LogP contribution in [0.4, 0.5) is 8.78 Å². The van der Waals surface area contributed by atoms with Crippen LogP contribution in [0.5, 0.6) is 0 Å². The van der Waals surface area contributed by atoms with Gasteiger partial charge in [-0.3, -0.25) is 4.79 Å². The molecule has 0 saturated carbocycles. The number of nitrogens with one attached hydrogen (secondary N) is 1. The summed E-state index contributed by atoms with van der Waals surface area (Å²) in [4.78, 5) is 11.8. The topological polar surface area (TPSA) is 29.1 Å². The van der Waals surface area contributed by atoms with Gasteiger partial charge in [-0.25, -0.2) is 8.78 Å². The molecule has 0 aliphatic rings. The molecule has 1 N–H and O–H groups in total. The summed E-state index contributed by atoms with van der Waals surface area (Å²) in [5.74, 6) is -2.13. The van der Waals surface area contributed by atoms with Crippen molar-refractivity contribution in [2.45, 2.75) is 19.9 Å². The van der Waals surface area contributed by atoms with Crippen LogP contribution in [-0.2, 0) is 0 Å². The Morgan fingerprint density at radius 1 is 1.39 bits per heavy atom. The van der Waals surface area contributed by atoms with E-state index in [2.05, 4.69) is 21.2 Å². The Hall–Kier alpha value is -0.680. The van der Waals surface area contributed by atoms with Crippen molar-refractivity contribution in [1.82, 2.24) is 5.32 Å². The Labute approximate surface area is 118 Å². The second-order valence-corrected chi connectivity index (χ2v) is 5.28. The van der Waals surface area contributed by atoms with Crippen LogP contribution in [0.25, 0.3) is 0 Å². The molecule has 1 aromatic carbocycles. The fourth-order valence-corrected chi connectivity index (χ4v) is 2.39. The summed E-state index contributed by atoms with van der Waals surface area (Å²) in [6, 6.07) is 1.44. The summed E-state index contributed by atoms with van der Waals surface area (Å²) in [5, 5.41) is 2.83. The smallest absolute Gasteiger partial charge is 0.254 e. The highest BCUT2D eigenvalue weighted by Crippen LogP contribution is 2.19. The van der Waals surface area contributed by atoms with E-state index in [9.17, 15) is 13.6 Å². The molecule has 0 aromatic heterocycles. The number of hydrogen-bond acceptors (Lipinski definition) is 1. The van der Waals surface area contributed by atoms with Crippen LogP contribution in [0.15, 0.2) is 12.1 Å². The first-order valence-corrected chi connectivity index (χ1v) is 6.88. The molecular formula is C12H13BrClF2NO. The van der Waals surface area contributed by atoms with Gasteiger partial charge in [0.1, 0.15) is 11.6 Å². The zero-order valence-electron chi connectivity index (χ0n) is 9.94. The van der Waals surface area contributed by atoms with Crippen LogP contribution < -0.4 is 5.32 Å². The third-order valence-corrected chi connectivity index (χ3v) is 3.53. The molecule has 1 aromatic rings. The number of halogens is 4. The van der Waals surface area contributed by atoms with Gasteiger partial charge < -0.3 is 5.32 Å². The average molecular weight is 341 g/mol. The number of carbonyl (C=O) groups is 1. The highest BCUT2D eigenvalue weighted by atomic mass is 79.9. The number of rotatable bonds is 4. The molecular weight excluding hydrogens is 327 g/mol. The van der Waals surface area contributed by atoms with Crippen molar-refractivity contribution >= 4 is 33.4 Å². The molecule has 0 saturated heterocycles. The number of benzene rings is 1. The normalized spacial score (nSPS) is 12.6. The number of alkyl halides is 1. The fraction of sp³-hybridized carbons (Fsp3) is 0.417. The van der Waals surface area contributed by atoms with Crippen molar-refractivity contribution in [3.05, 3.63) is 34.4 Å². The molecule has 0 aliphatic carbocycles. The van der Waals surface area contributed by atoms with Crippen LogP contribution >= 0.6 is 27.5 Å². The molecule has 0 heterocycles. The minimum Gasteiger partial charge on any atom is -0.348 e. The SMILES string of the molecule is CC(C)C(CBr)NC(=O)c1cc(F)c(Cl)cc1F. The van der Waals surface area contributed by atoms with Crippen LogP contribution in [0.3, 0.4) is 0 Å². The maximum atomic E-state index is 13.5. The van der Waals surface area contributed by atoms with E-state index in [0.717, 1.165) is 12.1 Å². The second kappa shape index (κ2) is 6.48. The summed E-state index contributed by atoms with van der Waals surface area (Å²) >= 11 is 8.68. The highest BCUT2D eigenvalue weighted by molar-refractivity contribution is 9.09. The van der Waals surface area contributed by atoms with E-state index in [1.165, 1.54) is 0 Å². The first-order chi connectivity index (χ1) is 8.36. The van der Waals surface area contributed by atoms with Crippen LogP contribution in [0.1, 0.15) is 24.2 Å². The van der Waals surface area contributed by atoms with E-state index in [0.29, 0.717) is 5.33 Å². The third kappa shape index (κ3) is 3.65. The third-order valence-electron chi connectivity index (χ3n) is 2.54. The van der Waals surface area contributed by atoms with Crippen LogP contribution in [0.2, 0.25) is 5.02 Å². The lowest BCUT2D eigenvalue weighted by atomic mass is 10.1. The lowest BCUT2D eigenvalue weighted by Gasteiger charge is -2.20. The van der Waals surface area contributed by atoms with Crippen LogP contribution in [-0.4, -0.2) is 17.3 Å². The van der Waals surface area contributed by atoms with Gasteiger partial charge in [-0.1, -0.05) is 41.4 Å². The number of amides is 1. The van der Waals surface area contributed by atoms with Gasteiger partial charge in [0.2, 0.25) is 0 Å². The summed E-state index contributed by atoms with van der Waals surface area (Å²) in [7, 11) is 0. The molecule has 1 rings (SSSR count). The van der Waals surface area contributed by atoms with E-state index in [1.54, 1.807) is 0 Å². The largest absolute Gasteiger partial charge is 0.348 e. The molecule has 100 valence electrons. The molecule has 0 aliphatic heterocycles. The van der Waals surface area contributed by atoms with Crippen molar-refractivity contribution in [1.29, 1.82) is 0 Å². The Bertz CT molecular complexity index is 454. The molecule has 2 nitrogen and oxygen atoms in total. The van der Waals surface area contributed by atoms with Crippen molar-refractivity contribution in [3.8, 4) is 0 Å². The van der Waals surface area contributed by atoms with E-state index < -0.39 is 17.5 Å². The number of hydrogen-bond donors (Lipinski definition) is 1.